The Labute approximate surface area is 162 Å². The molecular formula is C20H17Cl2N3O. The topological polar surface area (TPSA) is 54.0 Å². The van der Waals surface area contributed by atoms with Gasteiger partial charge >= 0.3 is 0 Å². The average molecular weight is 386 g/mol. The van der Waals surface area contributed by atoms with E-state index in [9.17, 15) is 4.79 Å². The molecule has 0 unspecified atom stereocenters. The van der Waals surface area contributed by atoms with Crippen LogP contribution >= 0.6 is 23.2 Å². The normalized spacial score (nSPS) is 10.4. The lowest BCUT2D eigenvalue weighted by Gasteiger charge is -2.10. The average Bonchev–Trinajstić information content (AvgIpc) is 2.67. The van der Waals surface area contributed by atoms with Gasteiger partial charge in [0, 0.05) is 35.5 Å². The Bertz CT molecular complexity index is 898. The van der Waals surface area contributed by atoms with Crippen molar-refractivity contribution in [2.45, 2.75) is 13.1 Å². The molecule has 2 N–H and O–H groups in total. The van der Waals surface area contributed by atoms with Crippen LogP contribution in [0.5, 0.6) is 0 Å². The Kier molecular flexibility index (Phi) is 6.10. The van der Waals surface area contributed by atoms with Crippen LogP contribution in [-0.2, 0) is 13.1 Å². The second-order valence-corrected chi connectivity index (χ2v) is 6.56. The molecule has 0 spiro atoms. The van der Waals surface area contributed by atoms with Gasteiger partial charge in [-0.15, -0.1) is 0 Å². The zero-order valence-electron chi connectivity index (χ0n) is 13.9. The van der Waals surface area contributed by atoms with Crippen LogP contribution in [0.15, 0.2) is 67.0 Å². The summed E-state index contributed by atoms with van der Waals surface area (Å²) in [7, 11) is 0. The van der Waals surface area contributed by atoms with Crippen molar-refractivity contribution in [2.75, 3.05) is 5.32 Å². The van der Waals surface area contributed by atoms with Gasteiger partial charge < -0.3 is 10.6 Å². The fourth-order valence-corrected chi connectivity index (χ4v) is 2.72. The molecule has 0 radical (unpaired) electrons. The predicted octanol–water partition coefficient (Wildman–Crippen LogP) is 4.93. The van der Waals surface area contributed by atoms with Crippen molar-refractivity contribution in [2.24, 2.45) is 0 Å². The van der Waals surface area contributed by atoms with Crippen molar-refractivity contribution in [1.29, 1.82) is 0 Å². The first-order valence-corrected chi connectivity index (χ1v) is 8.82. The van der Waals surface area contributed by atoms with Crippen LogP contribution < -0.4 is 10.6 Å². The van der Waals surface area contributed by atoms with Gasteiger partial charge in [0.2, 0.25) is 0 Å². The Morgan fingerprint density at radius 3 is 2.50 bits per heavy atom. The molecule has 6 heteroatoms. The van der Waals surface area contributed by atoms with Gasteiger partial charge in [-0.2, -0.15) is 0 Å². The van der Waals surface area contributed by atoms with E-state index in [-0.39, 0.29) is 5.91 Å². The lowest BCUT2D eigenvalue weighted by molar-refractivity contribution is 0.0950. The third-order valence-electron chi connectivity index (χ3n) is 3.81. The maximum Gasteiger partial charge on any atom is 0.253 e. The van der Waals surface area contributed by atoms with Gasteiger partial charge in [0.25, 0.3) is 5.91 Å². The monoisotopic (exact) mass is 385 g/mol. The van der Waals surface area contributed by atoms with E-state index in [1.54, 1.807) is 24.4 Å². The highest BCUT2D eigenvalue weighted by Gasteiger charge is 2.07. The van der Waals surface area contributed by atoms with Gasteiger partial charge in [-0.1, -0.05) is 53.5 Å². The van der Waals surface area contributed by atoms with E-state index in [0.717, 1.165) is 16.8 Å². The number of nitrogens with zero attached hydrogens (tertiary/aromatic N) is 1. The lowest BCUT2D eigenvalue weighted by Crippen LogP contribution is -2.23. The van der Waals surface area contributed by atoms with Crippen LogP contribution in [-0.4, -0.2) is 10.9 Å². The molecular weight excluding hydrogens is 369 g/mol. The summed E-state index contributed by atoms with van der Waals surface area (Å²) >= 11 is 12.0. The zero-order valence-corrected chi connectivity index (χ0v) is 15.4. The minimum Gasteiger partial charge on any atom is -0.380 e. The van der Waals surface area contributed by atoms with E-state index in [1.165, 1.54) is 6.20 Å². The fourth-order valence-electron chi connectivity index (χ4n) is 2.39. The van der Waals surface area contributed by atoms with Crippen LogP contribution in [0.25, 0.3) is 0 Å². The number of aromatic nitrogens is 1. The molecule has 0 saturated heterocycles. The van der Waals surface area contributed by atoms with Crippen LogP contribution in [0.2, 0.25) is 10.0 Å². The van der Waals surface area contributed by atoms with Crippen molar-refractivity contribution in [1.82, 2.24) is 10.3 Å². The second-order valence-electron chi connectivity index (χ2n) is 5.72. The number of anilines is 1. The number of amides is 1. The Hall–Kier alpha value is -2.56. The number of hydrogen-bond acceptors (Lipinski definition) is 3. The van der Waals surface area contributed by atoms with E-state index >= 15 is 0 Å². The standard InChI is InChI=1S/C20H17Cl2N3O/c21-17-7-5-14(6-8-17)10-25-20(26)16-9-18(13-23-11-16)24-12-15-3-1-2-4-19(15)22/h1-9,11,13,24H,10,12H2,(H,25,26). The summed E-state index contributed by atoms with van der Waals surface area (Å²) in [6, 6.07) is 16.7. The molecule has 0 aliphatic carbocycles. The van der Waals surface area contributed by atoms with Gasteiger partial charge in [-0.3, -0.25) is 9.78 Å². The Morgan fingerprint density at radius 2 is 1.73 bits per heavy atom. The summed E-state index contributed by atoms with van der Waals surface area (Å²) in [4.78, 5) is 16.5. The summed E-state index contributed by atoms with van der Waals surface area (Å²) in [5.74, 6) is -0.186. The maximum atomic E-state index is 12.3. The lowest BCUT2D eigenvalue weighted by atomic mass is 10.2. The molecule has 0 aliphatic heterocycles. The van der Waals surface area contributed by atoms with E-state index in [0.29, 0.717) is 28.7 Å². The molecule has 1 heterocycles. The minimum atomic E-state index is -0.186. The molecule has 26 heavy (non-hydrogen) atoms. The summed E-state index contributed by atoms with van der Waals surface area (Å²) in [5.41, 5.74) is 3.20. The zero-order chi connectivity index (χ0) is 18.4. The van der Waals surface area contributed by atoms with Gasteiger partial charge in [0.1, 0.15) is 0 Å². The summed E-state index contributed by atoms with van der Waals surface area (Å²) in [6.45, 7) is 0.977. The third kappa shape index (κ3) is 4.97. The van der Waals surface area contributed by atoms with E-state index in [4.69, 9.17) is 23.2 Å². The van der Waals surface area contributed by atoms with E-state index in [1.807, 2.05) is 36.4 Å². The third-order valence-corrected chi connectivity index (χ3v) is 4.43. The largest absolute Gasteiger partial charge is 0.380 e. The number of carbonyl (C=O) groups is 1. The number of nitrogens with one attached hydrogen (secondary N) is 2. The molecule has 2 aromatic carbocycles. The van der Waals surface area contributed by atoms with Crippen molar-refractivity contribution in [3.05, 3.63) is 93.7 Å². The van der Waals surface area contributed by atoms with Crippen LogP contribution in [0.1, 0.15) is 21.5 Å². The molecule has 0 aliphatic rings. The number of benzene rings is 2. The van der Waals surface area contributed by atoms with Gasteiger partial charge in [0.15, 0.2) is 0 Å². The van der Waals surface area contributed by atoms with Gasteiger partial charge in [0.05, 0.1) is 11.3 Å². The van der Waals surface area contributed by atoms with E-state index in [2.05, 4.69) is 15.6 Å². The predicted molar refractivity (Wildman–Crippen MR) is 106 cm³/mol. The summed E-state index contributed by atoms with van der Waals surface area (Å²) in [5, 5.41) is 7.48. The molecule has 0 fully saturated rings. The van der Waals surface area contributed by atoms with Crippen LogP contribution in [0.4, 0.5) is 5.69 Å². The minimum absolute atomic E-state index is 0.186. The quantitative estimate of drug-likeness (QED) is 0.632. The Morgan fingerprint density at radius 1 is 0.962 bits per heavy atom. The SMILES string of the molecule is O=C(NCc1ccc(Cl)cc1)c1cncc(NCc2ccccc2Cl)c1. The van der Waals surface area contributed by atoms with Gasteiger partial charge in [-0.05, 0) is 35.4 Å². The molecule has 0 atom stereocenters. The highest BCUT2D eigenvalue weighted by Crippen LogP contribution is 2.17. The summed E-state index contributed by atoms with van der Waals surface area (Å²) < 4.78 is 0. The number of carbonyl (C=O) groups excluding carboxylic acids is 1. The van der Waals surface area contributed by atoms with E-state index < -0.39 is 0 Å². The first-order valence-electron chi connectivity index (χ1n) is 8.07. The van der Waals surface area contributed by atoms with Crippen LogP contribution in [0.3, 0.4) is 0 Å². The van der Waals surface area contributed by atoms with Crippen molar-refractivity contribution < 1.29 is 4.79 Å². The number of hydrogen-bond donors (Lipinski definition) is 2. The first kappa shape index (κ1) is 18.2. The number of pyridine rings is 1. The first-order chi connectivity index (χ1) is 12.6. The van der Waals surface area contributed by atoms with Crippen molar-refractivity contribution >= 4 is 34.8 Å². The smallest absolute Gasteiger partial charge is 0.253 e. The molecule has 0 bridgehead atoms. The number of rotatable bonds is 6. The fraction of sp³-hybridized carbons (Fsp3) is 0.100. The highest BCUT2D eigenvalue weighted by molar-refractivity contribution is 6.31. The molecule has 1 amide bonds. The molecule has 0 saturated carbocycles. The van der Waals surface area contributed by atoms with Crippen LogP contribution in [0, 0.1) is 0 Å². The molecule has 4 nitrogen and oxygen atoms in total. The maximum absolute atomic E-state index is 12.3. The second kappa shape index (κ2) is 8.70. The molecule has 132 valence electrons. The number of halogens is 2. The van der Waals surface area contributed by atoms with Crippen molar-refractivity contribution in [3.8, 4) is 0 Å². The summed E-state index contributed by atoms with van der Waals surface area (Å²) in [6.07, 6.45) is 3.21. The highest BCUT2D eigenvalue weighted by atomic mass is 35.5. The molecule has 1 aromatic heterocycles. The molecule has 3 rings (SSSR count). The molecule has 3 aromatic rings. The Balaban J connectivity index is 1.60. The van der Waals surface area contributed by atoms with Crippen molar-refractivity contribution in [3.63, 3.8) is 0 Å². The van der Waals surface area contributed by atoms with Gasteiger partial charge in [-0.25, -0.2) is 0 Å².